The summed E-state index contributed by atoms with van der Waals surface area (Å²) in [5, 5.41) is -0.0131. The fourth-order valence-corrected chi connectivity index (χ4v) is 4.81. The molecule has 0 aromatic carbocycles. The zero-order valence-electron chi connectivity index (χ0n) is 22.2. The molecule has 0 N–H and O–H groups in total. The van der Waals surface area contributed by atoms with Crippen LogP contribution in [0, 0.1) is 12.7 Å². The zero-order valence-corrected chi connectivity index (χ0v) is 24.0. The molecule has 0 amide bonds. The molecule has 14 heteroatoms. The predicted octanol–water partition coefficient (Wildman–Crippen LogP) is 6.72. The largest absolute Gasteiger partial charge is 0.471 e. The van der Waals surface area contributed by atoms with E-state index in [0.29, 0.717) is 23.2 Å². The number of fused-ring (bicyclic) bond motifs is 1. The Balaban J connectivity index is 1.56. The highest BCUT2D eigenvalue weighted by Crippen LogP contribution is 2.32. The number of alkyl halides is 3. The van der Waals surface area contributed by atoms with Gasteiger partial charge in [-0.2, -0.15) is 18.2 Å². The average molecular weight is 585 g/mol. The number of halogens is 5. The summed E-state index contributed by atoms with van der Waals surface area (Å²) < 4.78 is 69.3. The van der Waals surface area contributed by atoms with E-state index in [0.717, 1.165) is 24.0 Å². The third kappa shape index (κ3) is 6.76. The monoisotopic (exact) mass is 584 g/mol. The van der Waals surface area contributed by atoms with Crippen LogP contribution in [0.2, 0.25) is 31.0 Å². The van der Waals surface area contributed by atoms with Gasteiger partial charge in [0.1, 0.15) is 24.5 Å². The molecular weight excluding hydrogens is 556 g/mol. The van der Waals surface area contributed by atoms with E-state index < -0.39 is 25.8 Å². The molecule has 0 aliphatic heterocycles. The summed E-state index contributed by atoms with van der Waals surface area (Å²) in [7, 11) is -1.25. The number of pyridine rings is 1. The Hall–Kier alpha value is -3.03. The van der Waals surface area contributed by atoms with Gasteiger partial charge in [-0.3, -0.25) is 0 Å². The van der Waals surface area contributed by atoms with E-state index in [1.807, 2.05) is 17.6 Å². The van der Waals surface area contributed by atoms with Crippen molar-refractivity contribution in [2.75, 3.05) is 6.61 Å². The van der Waals surface area contributed by atoms with Gasteiger partial charge in [0.2, 0.25) is 11.2 Å². The summed E-state index contributed by atoms with van der Waals surface area (Å²) in [6.45, 7) is 11.3. The van der Waals surface area contributed by atoms with Crippen molar-refractivity contribution >= 4 is 30.7 Å². The SMILES string of the molecule is CCn1cc(C(F)(F)F)nc1-c1ncc(COc2nc(Cl)nc3cc(C)n(COCC[Si](C)(C)C)c23)cc1F. The summed E-state index contributed by atoms with van der Waals surface area (Å²) in [5.41, 5.74) is 0.971. The zero-order chi connectivity index (χ0) is 28.5. The lowest BCUT2D eigenvalue weighted by molar-refractivity contribution is -0.140. The van der Waals surface area contributed by atoms with Crippen molar-refractivity contribution in [3.63, 3.8) is 0 Å². The molecular formula is C25H29ClF4N6O2Si. The molecule has 4 heterocycles. The van der Waals surface area contributed by atoms with Gasteiger partial charge >= 0.3 is 6.18 Å². The molecule has 0 aliphatic carbocycles. The van der Waals surface area contributed by atoms with Crippen molar-refractivity contribution in [3.05, 3.63) is 52.6 Å². The van der Waals surface area contributed by atoms with Crippen molar-refractivity contribution in [2.45, 2.75) is 65.6 Å². The lowest BCUT2D eigenvalue weighted by Gasteiger charge is -2.17. The number of hydrogen-bond donors (Lipinski definition) is 0. The molecule has 4 rings (SSSR count). The molecule has 0 radical (unpaired) electrons. The predicted molar refractivity (Wildman–Crippen MR) is 142 cm³/mol. The van der Waals surface area contributed by atoms with Crippen molar-refractivity contribution in [1.29, 1.82) is 0 Å². The Morgan fingerprint density at radius 2 is 1.85 bits per heavy atom. The van der Waals surface area contributed by atoms with Crippen LogP contribution in [-0.4, -0.2) is 43.8 Å². The average Bonchev–Trinajstić information content (AvgIpc) is 3.40. The molecule has 4 aromatic rings. The van der Waals surface area contributed by atoms with E-state index in [4.69, 9.17) is 21.1 Å². The fourth-order valence-electron chi connectivity index (χ4n) is 3.89. The van der Waals surface area contributed by atoms with E-state index >= 15 is 4.39 Å². The van der Waals surface area contributed by atoms with E-state index in [9.17, 15) is 13.2 Å². The smallest absolute Gasteiger partial charge is 0.434 e. The molecule has 0 fully saturated rings. The number of imidazole rings is 1. The van der Waals surface area contributed by atoms with Gasteiger partial charge in [-0.05, 0) is 43.6 Å². The highest BCUT2D eigenvalue weighted by atomic mass is 35.5. The number of nitrogens with zero attached hydrogens (tertiary/aromatic N) is 6. The number of hydrogen-bond acceptors (Lipinski definition) is 6. The van der Waals surface area contributed by atoms with Gasteiger partial charge < -0.3 is 18.6 Å². The van der Waals surface area contributed by atoms with Gasteiger partial charge in [0.25, 0.3) is 0 Å². The minimum absolute atomic E-state index is 0.0131. The second-order valence-corrected chi connectivity index (χ2v) is 16.2. The molecule has 0 unspecified atom stereocenters. The summed E-state index contributed by atoms with van der Waals surface area (Å²) in [4.78, 5) is 16.1. The lowest BCUT2D eigenvalue weighted by atomic mass is 10.2. The second-order valence-electron chi connectivity index (χ2n) is 10.3. The molecule has 210 valence electrons. The molecule has 39 heavy (non-hydrogen) atoms. The summed E-state index contributed by atoms with van der Waals surface area (Å²) in [6.07, 6.45) is -2.49. The normalized spacial score (nSPS) is 12.5. The maximum absolute atomic E-state index is 15.0. The Bertz CT molecular complexity index is 1480. The topological polar surface area (TPSA) is 79.9 Å². The minimum Gasteiger partial charge on any atom is -0.471 e. The van der Waals surface area contributed by atoms with Crippen LogP contribution >= 0.6 is 11.6 Å². The molecule has 0 aliphatic rings. The van der Waals surface area contributed by atoms with Crippen molar-refractivity contribution in [1.82, 2.24) is 29.1 Å². The van der Waals surface area contributed by atoms with E-state index in [-0.39, 0.29) is 42.6 Å². The van der Waals surface area contributed by atoms with E-state index in [1.54, 1.807) is 6.92 Å². The van der Waals surface area contributed by atoms with Gasteiger partial charge in [-0.25, -0.2) is 19.3 Å². The van der Waals surface area contributed by atoms with Crippen LogP contribution in [0.5, 0.6) is 5.88 Å². The molecule has 8 nitrogen and oxygen atoms in total. The molecule has 0 saturated carbocycles. The van der Waals surface area contributed by atoms with Crippen LogP contribution in [0.15, 0.2) is 24.5 Å². The first kappa shape index (κ1) is 29.0. The fraction of sp³-hybridized carbons (Fsp3) is 0.440. The number of ether oxygens (including phenoxy) is 2. The Labute approximate surface area is 229 Å². The van der Waals surface area contributed by atoms with Crippen LogP contribution in [0.4, 0.5) is 17.6 Å². The maximum atomic E-state index is 15.0. The second kappa shape index (κ2) is 11.2. The van der Waals surface area contributed by atoms with Gasteiger partial charge in [0.15, 0.2) is 17.3 Å². The molecule has 0 saturated heterocycles. The highest BCUT2D eigenvalue weighted by molar-refractivity contribution is 6.76. The first-order valence-corrected chi connectivity index (χ1v) is 16.4. The minimum atomic E-state index is -4.65. The maximum Gasteiger partial charge on any atom is 0.434 e. The van der Waals surface area contributed by atoms with E-state index in [2.05, 4.69) is 39.6 Å². The van der Waals surface area contributed by atoms with Crippen LogP contribution in [-0.2, 0) is 30.8 Å². The number of aromatic nitrogens is 6. The molecule has 0 spiro atoms. The number of aryl methyl sites for hydroxylation is 2. The third-order valence-electron chi connectivity index (χ3n) is 6.00. The Morgan fingerprint density at radius 1 is 1.10 bits per heavy atom. The van der Waals surface area contributed by atoms with Gasteiger partial charge in [0.05, 0.1) is 5.52 Å². The van der Waals surface area contributed by atoms with Crippen LogP contribution in [0.1, 0.15) is 23.9 Å². The first-order valence-electron chi connectivity index (χ1n) is 12.3. The summed E-state index contributed by atoms with van der Waals surface area (Å²) in [6, 6.07) is 4.01. The third-order valence-corrected chi connectivity index (χ3v) is 7.88. The van der Waals surface area contributed by atoms with Crippen molar-refractivity contribution in [2.24, 2.45) is 0 Å². The van der Waals surface area contributed by atoms with Crippen LogP contribution in [0.3, 0.4) is 0 Å². The molecule has 0 bridgehead atoms. The molecule has 0 atom stereocenters. The van der Waals surface area contributed by atoms with Gasteiger partial charge in [-0.15, -0.1) is 0 Å². The van der Waals surface area contributed by atoms with Crippen LogP contribution in [0.25, 0.3) is 22.6 Å². The first-order chi connectivity index (χ1) is 18.3. The van der Waals surface area contributed by atoms with Gasteiger partial charge in [0, 0.05) is 44.9 Å². The van der Waals surface area contributed by atoms with Crippen LogP contribution < -0.4 is 4.74 Å². The number of rotatable bonds is 10. The van der Waals surface area contributed by atoms with Crippen molar-refractivity contribution < 1.29 is 27.0 Å². The van der Waals surface area contributed by atoms with E-state index in [1.165, 1.54) is 10.8 Å². The summed E-state index contributed by atoms with van der Waals surface area (Å²) in [5.74, 6) is -0.847. The van der Waals surface area contributed by atoms with Gasteiger partial charge in [-0.1, -0.05) is 19.6 Å². The lowest BCUT2D eigenvalue weighted by Crippen LogP contribution is -2.22. The highest BCUT2D eigenvalue weighted by Gasteiger charge is 2.35. The quantitative estimate of drug-likeness (QED) is 0.0891. The Kier molecular flexibility index (Phi) is 8.33. The Morgan fingerprint density at radius 3 is 2.49 bits per heavy atom. The van der Waals surface area contributed by atoms with Crippen molar-refractivity contribution in [3.8, 4) is 17.4 Å². The summed E-state index contributed by atoms with van der Waals surface area (Å²) >= 11 is 6.12. The molecule has 4 aromatic heterocycles. The standard InChI is InChI=1S/C25H29ClF4N6O2Si/c1-6-35-12-19(25(28,29)30)33-22(35)20-17(27)10-16(11-31-20)13-38-23-21-18(32-24(26)34-23)9-15(2)36(21)14-37-7-8-39(3,4)5/h9-12H,6-8,13-14H2,1-5H3.